The third-order valence-electron chi connectivity index (χ3n) is 6.87. The van der Waals surface area contributed by atoms with Crippen molar-refractivity contribution in [1.82, 2.24) is 14.8 Å². The third kappa shape index (κ3) is 4.66. The van der Waals surface area contributed by atoms with E-state index < -0.39 is 0 Å². The van der Waals surface area contributed by atoms with E-state index in [1.54, 1.807) is 24.3 Å². The highest BCUT2D eigenvalue weighted by molar-refractivity contribution is 7.16. The number of rotatable bonds is 5. The molecule has 8 nitrogen and oxygen atoms in total. The number of halogens is 1. The molecule has 1 atom stereocenters. The minimum absolute atomic E-state index is 0.136. The Hall–Kier alpha value is -3.14. The third-order valence-corrected chi connectivity index (χ3v) is 8.17. The molecule has 3 aromatic rings. The molecule has 2 amide bonds. The Morgan fingerprint density at radius 1 is 1.06 bits per heavy atom. The Kier molecular flexibility index (Phi) is 6.29. The number of aryl methyl sites for hydroxylation is 1. The highest BCUT2D eigenvalue weighted by atomic mass is 35.5. The van der Waals surface area contributed by atoms with Gasteiger partial charge in [-0.15, -0.1) is 11.3 Å². The van der Waals surface area contributed by atoms with Crippen molar-refractivity contribution in [2.75, 3.05) is 38.3 Å². The number of ether oxygens (including phenoxy) is 2. The molecule has 6 rings (SSSR count). The fourth-order valence-electron chi connectivity index (χ4n) is 4.94. The first kappa shape index (κ1) is 23.3. The second-order valence-electron chi connectivity index (χ2n) is 9.17. The van der Waals surface area contributed by atoms with Crippen LogP contribution in [-0.2, 0) is 17.8 Å². The molecular weight excluding hydrogens is 500 g/mol. The van der Waals surface area contributed by atoms with Gasteiger partial charge < -0.3 is 14.4 Å². The van der Waals surface area contributed by atoms with E-state index in [0.29, 0.717) is 28.8 Å². The first-order chi connectivity index (χ1) is 17.5. The van der Waals surface area contributed by atoms with E-state index >= 15 is 0 Å². The number of hydrogen-bond acceptors (Lipinski definition) is 7. The zero-order valence-corrected chi connectivity index (χ0v) is 21.1. The average molecular weight is 525 g/mol. The van der Waals surface area contributed by atoms with E-state index in [-0.39, 0.29) is 24.5 Å². The zero-order valence-electron chi connectivity index (χ0n) is 19.5. The molecule has 0 radical (unpaired) electrons. The molecule has 10 heteroatoms. The van der Waals surface area contributed by atoms with Crippen molar-refractivity contribution in [2.45, 2.75) is 25.3 Å². The molecule has 3 aliphatic rings. The van der Waals surface area contributed by atoms with Crippen LogP contribution in [0.5, 0.6) is 11.5 Å². The van der Waals surface area contributed by atoms with Crippen molar-refractivity contribution >= 4 is 39.9 Å². The van der Waals surface area contributed by atoms with Crippen LogP contribution in [0, 0.1) is 0 Å². The van der Waals surface area contributed by atoms with Gasteiger partial charge in [0.2, 0.25) is 12.7 Å². The Balaban J connectivity index is 1.05. The Morgan fingerprint density at radius 3 is 2.64 bits per heavy atom. The van der Waals surface area contributed by atoms with Gasteiger partial charge in [-0.25, -0.2) is 4.98 Å². The zero-order chi connectivity index (χ0) is 24.6. The number of piperazine rings is 1. The monoisotopic (exact) mass is 524 g/mol. The number of benzene rings is 2. The quantitative estimate of drug-likeness (QED) is 0.540. The van der Waals surface area contributed by atoms with Crippen molar-refractivity contribution < 1.29 is 19.1 Å². The second kappa shape index (κ2) is 9.72. The Labute approximate surface area is 217 Å². The van der Waals surface area contributed by atoms with Crippen molar-refractivity contribution in [1.29, 1.82) is 0 Å². The van der Waals surface area contributed by atoms with Gasteiger partial charge in [0.1, 0.15) is 0 Å². The van der Waals surface area contributed by atoms with Crippen LogP contribution in [0.2, 0.25) is 5.02 Å². The fraction of sp³-hybridized carbons (Fsp3) is 0.346. The summed E-state index contributed by atoms with van der Waals surface area (Å²) in [4.78, 5) is 36.0. The van der Waals surface area contributed by atoms with Crippen LogP contribution in [-0.4, -0.2) is 59.6 Å². The number of carbonyl (C=O) groups is 2. The molecule has 1 aromatic heterocycles. The predicted molar refractivity (Wildman–Crippen MR) is 137 cm³/mol. The number of aromatic nitrogens is 1. The maximum Gasteiger partial charge on any atom is 0.257 e. The van der Waals surface area contributed by atoms with Gasteiger partial charge in [0, 0.05) is 48.2 Å². The van der Waals surface area contributed by atoms with E-state index in [4.69, 9.17) is 21.1 Å². The molecule has 186 valence electrons. The minimum atomic E-state index is -0.238. The number of fused-ring (bicyclic) bond motifs is 2. The SMILES string of the molecule is O=C(Nc1nc2c(s1)CCC2C(=O)N1CCN(Cc2ccc3c(c2)OCO3)CC1)c1ccc(Cl)cc1. The molecule has 0 spiro atoms. The second-order valence-corrected chi connectivity index (χ2v) is 10.7. The summed E-state index contributed by atoms with van der Waals surface area (Å²) in [6.45, 7) is 4.12. The lowest BCUT2D eigenvalue weighted by molar-refractivity contribution is -0.134. The normalized spacial score (nSPS) is 18.8. The predicted octanol–water partition coefficient (Wildman–Crippen LogP) is 4.15. The standard InChI is InChI=1S/C26H25ClN4O4S/c27-18-4-2-17(3-5-18)24(32)29-26-28-23-19(6-8-22(23)36-26)25(33)31-11-9-30(10-12-31)14-16-1-7-20-21(13-16)35-15-34-20/h1-5,7,13,19H,6,8-12,14-15H2,(H,28,29,32). The number of thiazole rings is 1. The molecule has 0 bridgehead atoms. The lowest BCUT2D eigenvalue weighted by Crippen LogP contribution is -2.49. The average Bonchev–Trinajstić information content (AvgIpc) is 3.60. The summed E-state index contributed by atoms with van der Waals surface area (Å²) >= 11 is 7.37. The summed E-state index contributed by atoms with van der Waals surface area (Å²) in [6, 6.07) is 12.8. The Bertz CT molecular complexity index is 1300. The van der Waals surface area contributed by atoms with Gasteiger partial charge >= 0.3 is 0 Å². The molecule has 2 aliphatic heterocycles. The van der Waals surface area contributed by atoms with Crippen molar-refractivity contribution in [3.8, 4) is 11.5 Å². The number of amides is 2. The molecule has 2 aromatic carbocycles. The van der Waals surface area contributed by atoms with Gasteiger partial charge in [-0.2, -0.15) is 0 Å². The smallest absolute Gasteiger partial charge is 0.257 e. The van der Waals surface area contributed by atoms with Crippen molar-refractivity contribution in [3.63, 3.8) is 0 Å². The first-order valence-electron chi connectivity index (χ1n) is 12.0. The van der Waals surface area contributed by atoms with Crippen LogP contribution in [0.3, 0.4) is 0 Å². The van der Waals surface area contributed by atoms with Gasteiger partial charge in [-0.05, 0) is 54.8 Å². The molecule has 0 saturated carbocycles. The summed E-state index contributed by atoms with van der Waals surface area (Å²) < 4.78 is 10.9. The number of nitrogens with one attached hydrogen (secondary N) is 1. The maximum absolute atomic E-state index is 13.4. The van der Waals surface area contributed by atoms with E-state index in [2.05, 4.69) is 21.3 Å². The molecule has 1 saturated heterocycles. The molecule has 36 heavy (non-hydrogen) atoms. The topological polar surface area (TPSA) is 84.0 Å². The van der Waals surface area contributed by atoms with Gasteiger partial charge in [0.25, 0.3) is 5.91 Å². The van der Waals surface area contributed by atoms with Crippen LogP contribution in [0.25, 0.3) is 0 Å². The van der Waals surface area contributed by atoms with E-state index in [1.807, 2.05) is 17.0 Å². The molecule has 1 N–H and O–H groups in total. The van der Waals surface area contributed by atoms with Gasteiger partial charge in [-0.3, -0.25) is 19.8 Å². The number of hydrogen-bond donors (Lipinski definition) is 1. The van der Waals surface area contributed by atoms with Gasteiger partial charge in [-0.1, -0.05) is 17.7 Å². The molecule has 1 aliphatic carbocycles. The van der Waals surface area contributed by atoms with Crippen LogP contribution in [0.15, 0.2) is 42.5 Å². The van der Waals surface area contributed by atoms with Crippen molar-refractivity contribution in [3.05, 3.63) is 69.2 Å². The lowest BCUT2D eigenvalue weighted by atomic mass is 10.0. The Morgan fingerprint density at radius 2 is 1.83 bits per heavy atom. The van der Waals surface area contributed by atoms with Gasteiger partial charge in [0.15, 0.2) is 16.6 Å². The van der Waals surface area contributed by atoms with Crippen LogP contribution in [0.4, 0.5) is 5.13 Å². The lowest BCUT2D eigenvalue weighted by Gasteiger charge is -2.36. The highest BCUT2D eigenvalue weighted by Gasteiger charge is 2.36. The molecule has 1 unspecified atom stereocenters. The molecule has 3 heterocycles. The molecular formula is C26H25ClN4O4S. The van der Waals surface area contributed by atoms with E-state index in [1.165, 1.54) is 16.9 Å². The van der Waals surface area contributed by atoms with E-state index in [0.717, 1.165) is 54.5 Å². The number of carbonyl (C=O) groups excluding carboxylic acids is 2. The summed E-state index contributed by atoms with van der Waals surface area (Å²) in [6.07, 6.45) is 1.58. The van der Waals surface area contributed by atoms with Gasteiger partial charge in [0.05, 0.1) is 11.6 Å². The fourth-order valence-corrected chi connectivity index (χ4v) is 6.10. The summed E-state index contributed by atoms with van der Waals surface area (Å²) in [5.41, 5.74) is 2.51. The van der Waals surface area contributed by atoms with Crippen LogP contribution < -0.4 is 14.8 Å². The number of nitrogens with zero attached hydrogens (tertiary/aromatic N) is 3. The maximum atomic E-state index is 13.4. The minimum Gasteiger partial charge on any atom is -0.454 e. The molecule has 1 fully saturated rings. The highest BCUT2D eigenvalue weighted by Crippen LogP contribution is 2.39. The first-order valence-corrected chi connectivity index (χ1v) is 13.2. The summed E-state index contributed by atoms with van der Waals surface area (Å²) in [5.74, 6) is 1.25. The van der Waals surface area contributed by atoms with Crippen LogP contribution >= 0.6 is 22.9 Å². The number of anilines is 1. The van der Waals surface area contributed by atoms with E-state index in [9.17, 15) is 9.59 Å². The van der Waals surface area contributed by atoms with Crippen molar-refractivity contribution in [2.24, 2.45) is 0 Å². The summed E-state index contributed by atoms with van der Waals surface area (Å²) in [5, 5.41) is 3.98. The largest absolute Gasteiger partial charge is 0.454 e. The summed E-state index contributed by atoms with van der Waals surface area (Å²) in [7, 11) is 0. The van der Waals surface area contributed by atoms with Crippen LogP contribution in [0.1, 0.15) is 38.8 Å².